The molecule has 0 aliphatic carbocycles. The number of hydrogen-bond donors (Lipinski definition) is 2. The minimum Gasteiger partial charge on any atom is -0.288 e. The third-order valence-corrected chi connectivity index (χ3v) is 4.74. The lowest BCUT2D eigenvalue weighted by Crippen LogP contribution is -2.15. The van der Waals surface area contributed by atoms with Crippen molar-refractivity contribution < 1.29 is 0 Å². The zero-order chi connectivity index (χ0) is 19.6. The van der Waals surface area contributed by atoms with Crippen molar-refractivity contribution in [2.45, 2.75) is 27.3 Å². The van der Waals surface area contributed by atoms with Crippen molar-refractivity contribution in [3.63, 3.8) is 0 Å². The quantitative estimate of drug-likeness (QED) is 0.501. The molecule has 0 fully saturated rings. The molecule has 0 amide bonds. The number of aryl methyl sites for hydroxylation is 2. The summed E-state index contributed by atoms with van der Waals surface area (Å²) >= 11 is 12.5. The Balaban J connectivity index is 1.81. The van der Waals surface area contributed by atoms with E-state index < -0.39 is 0 Å². The number of rotatable bonds is 5. The van der Waals surface area contributed by atoms with Gasteiger partial charge in [0.15, 0.2) is 0 Å². The maximum absolute atomic E-state index is 11.5. The summed E-state index contributed by atoms with van der Waals surface area (Å²) in [6.45, 7) is 5.83. The SMILES string of the molecule is Cc1nn(Cc2c(Cl)cccc2Cl)c(C)c1/C=N\Nc1nnc(C)c(=O)[nH]1. The van der Waals surface area contributed by atoms with Gasteiger partial charge in [0.25, 0.3) is 5.56 Å². The van der Waals surface area contributed by atoms with Gasteiger partial charge in [-0.25, -0.2) is 5.43 Å². The highest BCUT2D eigenvalue weighted by molar-refractivity contribution is 6.35. The van der Waals surface area contributed by atoms with Gasteiger partial charge in [-0.3, -0.25) is 14.5 Å². The largest absolute Gasteiger partial charge is 0.288 e. The molecular weight excluding hydrogens is 389 g/mol. The normalized spacial score (nSPS) is 11.3. The summed E-state index contributed by atoms with van der Waals surface area (Å²) < 4.78 is 1.82. The Kier molecular flexibility index (Phi) is 5.57. The van der Waals surface area contributed by atoms with E-state index in [4.69, 9.17) is 23.2 Å². The van der Waals surface area contributed by atoms with Gasteiger partial charge in [0.1, 0.15) is 5.69 Å². The van der Waals surface area contributed by atoms with Crippen molar-refractivity contribution in [3.8, 4) is 0 Å². The van der Waals surface area contributed by atoms with Crippen LogP contribution in [-0.4, -0.2) is 31.2 Å². The average molecular weight is 406 g/mol. The number of benzene rings is 1. The second-order valence-corrected chi connectivity index (χ2v) is 6.71. The molecule has 0 unspecified atom stereocenters. The van der Waals surface area contributed by atoms with Crippen LogP contribution >= 0.6 is 23.2 Å². The van der Waals surface area contributed by atoms with Crippen molar-refractivity contribution in [1.82, 2.24) is 25.0 Å². The minimum atomic E-state index is -0.320. The van der Waals surface area contributed by atoms with Gasteiger partial charge in [0.2, 0.25) is 5.95 Å². The molecule has 0 bridgehead atoms. The van der Waals surface area contributed by atoms with Crippen LogP contribution in [0.15, 0.2) is 28.1 Å². The maximum Gasteiger partial charge on any atom is 0.274 e. The third-order valence-electron chi connectivity index (χ3n) is 4.03. The molecule has 0 radical (unpaired) electrons. The molecular formula is C17H17Cl2N7O. The minimum absolute atomic E-state index is 0.160. The lowest BCUT2D eigenvalue weighted by Gasteiger charge is -2.08. The summed E-state index contributed by atoms with van der Waals surface area (Å²) in [5.74, 6) is 0.160. The van der Waals surface area contributed by atoms with Crippen molar-refractivity contribution in [3.05, 3.63) is 66.8 Å². The fourth-order valence-corrected chi connectivity index (χ4v) is 3.00. The molecule has 0 spiro atoms. The third kappa shape index (κ3) is 4.17. The van der Waals surface area contributed by atoms with E-state index in [9.17, 15) is 4.79 Å². The summed E-state index contributed by atoms with van der Waals surface area (Å²) in [5.41, 5.74) is 5.97. The number of nitrogens with zero attached hydrogens (tertiary/aromatic N) is 5. The second kappa shape index (κ2) is 7.89. The predicted octanol–water partition coefficient (Wildman–Crippen LogP) is 3.09. The highest BCUT2D eigenvalue weighted by Crippen LogP contribution is 2.26. The topological polar surface area (TPSA) is 101 Å². The van der Waals surface area contributed by atoms with Gasteiger partial charge in [0, 0.05) is 26.9 Å². The fourth-order valence-electron chi connectivity index (χ4n) is 2.49. The molecule has 0 saturated heterocycles. The van der Waals surface area contributed by atoms with Crippen LogP contribution in [-0.2, 0) is 6.54 Å². The first-order valence-electron chi connectivity index (χ1n) is 8.06. The summed E-state index contributed by atoms with van der Waals surface area (Å²) in [6.07, 6.45) is 1.61. The molecule has 0 atom stereocenters. The van der Waals surface area contributed by atoms with Gasteiger partial charge in [0.05, 0.1) is 18.5 Å². The van der Waals surface area contributed by atoms with Gasteiger partial charge < -0.3 is 0 Å². The molecule has 1 aromatic carbocycles. The van der Waals surface area contributed by atoms with Crippen molar-refractivity contribution >= 4 is 35.4 Å². The number of aromatic amines is 1. The van der Waals surface area contributed by atoms with Crippen molar-refractivity contribution in [1.29, 1.82) is 0 Å². The van der Waals surface area contributed by atoms with Gasteiger partial charge in [-0.05, 0) is 32.9 Å². The van der Waals surface area contributed by atoms with Crippen LogP contribution in [0.25, 0.3) is 0 Å². The van der Waals surface area contributed by atoms with Crippen LogP contribution in [0.4, 0.5) is 5.95 Å². The molecule has 2 heterocycles. The number of H-pyrrole nitrogens is 1. The van der Waals surface area contributed by atoms with Crippen LogP contribution in [0.5, 0.6) is 0 Å². The first-order chi connectivity index (χ1) is 12.9. The first kappa shape index (κ1) is 19.1. The van der Waals surface area contributed by atoms with E-state index in [2.05, 4.69) is 30.8 Å². The number of hydrogen-bond acceptors (Lipinski definition) is 6. The lowest BCUT2D eigenvalue weighted by atomic mass is 10.2. The van der Waals surface area contributed by atoms with Crippen molar-refractivity contribution in [2.24, 2.45) is 5.10 Å². The summed E-state index contributed by atoms with van der Waals surface area (Å²) in [4.78, 5) is 14.1. The van der Waals surface area contributed by atoms with E-state index in [1.165, 1.54) is 0 Å². The highest BCUT2D eigenvalue weighted by Gasteiger charge is 2.13. The zero-order valence-electron chi connectivity index (χ0n) is 14.9. The average Bonchev–Trinajstić information content (AvgIpc) is 2.88. The second-order valence-electron chi connectivity index (χ2n) is 5.90. The standard InChI is InChI=1S/C17H17Cl2N7O/c1-9-12(7-20-23-17-21-16(27)10(2)22-24-17)11(3)26(25-9)8-13-14(18)5-4-6-15(13)19/h4-7H,8H2,1-3H3,(H2,21,23,24,27)/b20-7-. The summed E-state index contributed by atoms with van der Waals surface area (Å²) in [5, 5.41) is 17.4. The van der Waals surface area contributed by atoms with Crippen molar-refractivity contribution in [2.75, 3.05) is 5.43 Å². The Hall–Kier alpha value is -2.71. The molecule has 0 saturated carbocycles. The molecule has 3 aromatic rings. The maximum atomic E-state index is 11.5. The van der Waals surface area contributed by atoms with E-state index in [1.807, 2.05) is 18.5 Å². The van der Waals surface area contributed by atoms with E-state index in [0.29, 0.717) is 16.6 Å². The summed E-state index contributed by atoms with van der Waals surface area (Å²) in [7, 11) is 0. The van der Waals surface area contributed by atoms with Gasteiger partial charge in [-0.15, -0.1) is 10.2 Å². The fraction of sp³-hybridized carbons (Fsp3) is 0.235. The molecule has 27 heavy (non-hydrogen) atoms. The Bertz CT molecular complexity index is 1050. The van der Waals surface area contributed by atoms with Gasteiger partial charge >= 0.3 is 0 Å². The Labute approximate surface area is 165 Å². The Morgan fingerprint density at radius 2 is 1.89 bits per heavy atom. The Morgan fingerprint density at radius 1 is 1.19 bits per heavy atom. The first-order valence-corrected chi connectivity index (χ1v) is 8.82. The number of halogens is 2. The zero-order valence-corrected chi connectivity index (χ0v) is 16.4. The monoisotopic (exact) mass is 405 g/mol. The Morgan fingerprint density at radius 3 is 2.56 bits per heavy atom. The molecule has 140 valence electrons. The molecule has 2 N–H and O–H groups in total. The number of aromatic nitrogens is 5. The van der Waals surface area contributed by atoms with Crippen LogP contribution in [0.1, 0.15) is 28.2 Å². The summed E-state index contributed by atoms with van der Waals surface area (Å²) in [6, 6.07) is 5.39. The van der Waals surface area contributed by atoms with E-state index >= 15 is 0 Å². The van der Waals surface area contributed by atoms with Gasteiger partial charge in [-0.2, -0.15) is 10.2 Å². The van der Waals surface area contributed by atoms with Crippen LogP contribution < -0.4 is 11.0 Å². The van der Waals surface area contributed by atoms with Crippen LogP contribution in [0.2, 0.25) is 10.0 Å². The molecule has 0 aliphatic heterocycles. The lowest BCUT2D eigenvalue weighted by molar-refractivity contribution is 0.659. The molecule has 3 rings (SSSR count). The van der Waals surface area contributed by atoms with Crippen LogP contribution in [0, 0.1) is 20.8 Å². The predicted molar refractivity (Wildman–Crippen MR) is 106 cm³/mol. The number of hydrazone groups is 1. The molecule has 10 heteroatoms. The molecule has 2 aromatic heterocycles. The molecule has 0 aliphatic rings. The molecule has 8 nitrogen and oxygen atoms in total. The van der Waals surface area contributed by atoms with E-state index in [0.717, 1.165) is 22.5 Å². The van der Waals surface area contributed by atoms with E-state index in [-0.39, 0.29) is 17.2 Å². The smallest absolute Gasteiger partial charge is 0.274 e. The highest BCUT2D eigenvalue weighted by atomic mass is 35.5. The van der Waals surface area contributed by atoms with Crippen LogP contribution in [0.3, 0.4) is 0 Å². The van der Waals surface area contributed by atoms with E-state index in [1.54, 1.807) is 31.3 Å². The number of anilines is 1. The van der Waals surface area contributed by atoms with Gasteiger partial charge in [-0.1, -0.05) is 29.3 Å². The number of nitrogens with one attached hydrogen (secondary N) is 2.